The summed E-state index contributed by atoms with van der Waals surface area (Å²) in [5.41, 5.74) is 2.03. The van der Waals surface area contributed by atoms with Gasteiger partial charge in [0.15, 0.2) is 0 Å². The second-order valence-corrected chi connectivity index (χ2v) is 7.94. The molecule has 2 heterocycles. The standard InChI is InChI=1S/C19H26N2O2/c1-19-10-15-12-20(2)16(19)4-3-5-17(19)21(15)11-13-6-8-14(9-7-13)18(22)23/h6-9,15-17H,3-5,10-12H2,1-2H3,(H,22,23)/t15-,16+,17-,19+/m0/s1. The van der Waals surface area contributed by atoms with Gasteiger partial charge in [-0.2, -0.15) is 0 Å². The van der Waals surface area contributed by atoms with Crippen molar-refractivity contribution in [2.75, 3.05) is 13.6 Å². The van der Waals surface area contributed by atoms with E-state index in [-0.39, 0.29) is 0 Å². The second kappa shape index (κ2) is 5.32. The maximum atomic E-state index is 11.0. The van der Waals surface area contributed by atoms with Crippen molar-refractivity contribution in [1.29, 1.82) is 0 Å². The number of aromatic carboxylic acids is 1. The lowest BCUT2D eigenvalue weighted by atomic mass is 9.66. The monoisotopic (exact) mass is 314 g/mol. The Morgan fingerprint density at radius 3 is 2.65 bits per heavy atom. The molecule has 124 valence electrons. The van der Waals surface area contributed by atoms with Crippen LogP contribution < -0.4 is 0 Å². The van der Waals surface area contributed by atoms with E-state index < -0.39 is 5.97 Å². The molecule has 0 aromatic heterocycles. The zero-order chi connectivity index (χ0) is 16.2. The quantitative estimate of drug-likeness (QED) is 0.932. The van der Waals surface area contributed by atoms with E-state index in [0.29, 0.717) is 23.1 Å². The van der Waals surface area contributed by atoms with Gasteiger partial charge >= 0.3 is 5.97 Å². The number of hydrogen-bond donors (Lipinski definition) is 1. The van der Waals surface area contributed by atoms with Crippen LogP contribution in [0.4, 0.5) is 0 Å². The zero-order valence-electron chi connectivity index (χ0n) is 14.0. The first-order valence-corrected chi connectivity index (χ1v) is 8.77. The Balaban J connectivity index is 1.58. The van der Waals surface area contributed by atoms with E-state index in [9.17, 15) is 4.79 Å². The molecular formula is C19H26N2O2. The largest absolute Gasteiger partial charge is 0.478 e. The first-order chi connectivity index (χ1) is 11.0. The summed E-state index contributed by atoms with van der Waals surface area (Å²) < 4.78 is 0. The lowest BCUT2D eigenvalue weighted by Gasteiger charge is -2.49. The minimum atomic E-state index is -0.849. The van der Waals surface area contributed by atoms with Crippen LogP contribution >= 0.6 is 0 Å². The van der Waals surface area contributed by atoms with Gasteiger partial charge in [0.1, 0.15) is 0 Å². The number of likely N-dealkylation sites (tertiary alicyclic amines) is 2. The molecule has 0 amide bonds. The molecule has 1 aromatic carbocycles. The van der Waals surface area contributed by atoms with Crippen molar-refractivity contribution in [3.8, 4) is 0 Å². The first kappa shape index (κ1) is 15.2. The molecule has 0 radical (unpaired) electrons. The van der Waals surface area contributed by atoms with Gasteiger partial charge in [0.05, 0.1) is 5.56 Å². The van der Waals surface area contributed by atoms with Gasteiger partial charge in [0.25, 0.3) is 0 Å². The fourth-order valence-electron chi connectivity index (χ4n) is 5.64. The molecule has 4 rings (SSSR count). The topological polar surface area (TPSA) is 43.8 Å². The Morgan fingerprint density at radius 2 is 1.96 bits per heavy atom. The van der Waals surface area contributed by atoms with Crippen LogP contribution in [0.2, 0.25) is 0 Å². The number of carboxylic acid groups (broad SMARTS) is 1. The Hall–Kier alpha value is -1.39. The lowest BCUT2D eigenvalue weighted by Crippen LogP contribution is -2.54. The Bertz CT molecular complexity index is 614. The molecule has 1 aliphatic carbocycles. The summed E-state index contributed by atoms with van der Waals surface area (Å²) in [7, 11) is 2.29. The molecule has 2 bridgehead atoms. The first-order valence-electron chi connectivity index (χ1n) is 8.77. The SMILES string of the molecule is CN1C[C@@H]2C[C@@]3(C)[C@H](CCC[C@@H]13)N2Cc1ccc(C(=O)O)cc1. The van der Waals surface area contributed by atoms with E-state index in [4.69, 9.17) is 5.11 Å². The van der Waals surface area contributed by atoms with Crippen molar-refractivity contribution in [2.24, 2.45) is 5.41 Å². The van der Waals surface area contributed by atoms with Crippen molar-refractivity contribution in [3.63, 3.8) is 0 Å². The number of hydrogen-bond acceptors (Lipinski definition) is 3. The van der Waals surface area contributed by atoms with Gasteiger partial charge in [-0.05, 0) is 44.0 Å². The number of carbonyl (C=O) groups is 1. The van der Waals surface area contributed by atoms with Crippen molar-refractivity contribution < 1.29 is 9.90 Å². The van der Waals surface area contributed by atoms with E-state index in [2.05, 4.69) is 23.8 Å². The Morgan fingerprint density at radius 1 is 1.26 bits per heavy atom. The highest BCUT2D eigenvalue weighted by molar-refractivity contribution is 5.87. The summed E-state index contributed by atoms with van der Waals surface area (Å²) in [6.07, 6.45) is 5.30. The minimum absolute atomic E-state index is 0.373. The molecule has 3 fully saturated rings. The van der Waals surface area contributed by atoms with Gasteiger partial charge in [0, 0.05) is 36.6 Å². The average Bonchev–Trinajstić information content (AvgIpc) is 2.78. The summed E-state index contributed by atoms with van der Waals surface area (Å²) in [5, 5.41) is 9.05. The number of piperidine rings is 1. The van der Waals surface area contributed by atoms with Gasteiger partial charge < -0.3 is 10.0 Å². The molecule has 3 aliphatic rings. The van der Waals surface area contributed by atoms with Gasteiger partial charge in [-0.1, -0.05) is 25.5 Å². The smallest absolute Gasteiger partial charge is 0.335 e. The molecule has 1 saturated carbocycles. The van der Waals surface area contributed by atoms with Gasteiger partial charge in [-0.25, -0.2) is 4.79 Å². The predicted molar refractivity (Wildman–Crippen MR) is 89.5 cm³/mol. The molecule has 4 heteroatoms. The Kier molecular flexibility index (Phi) is 3.50. The van der Waals surface area contributed by atoms with Crippen LogP contribution in [-0.4, -0.2) is 52.6 Å². The molecular weight excluding hydrogens is 288 g/mol. The third-order valence-electron chi connectivity index (χ3n) is 6.62. The van der Waals surface area contributed by atoms with E-state index in [1.165, 1.54) is 37.8 Å². The number of likely N-dealkylation sites (N-methyl/N-ethyl adjacent to an activating group) is 1. The second-order valence-electron chi connectivity index (χ2n) is 7.94. The Labute approximate surface area is 138 Å². The summed E-state index contributed by atoms with van der Waals surface area (Å²) in [4.78, 5) is 16.3. The molecule has 0 unspecified atom stereocenters. The zero-order valence-corrected chi connectivity index (χ0v) is 14.0. The molecule has 2 aliphatic heterocycles. The predicted octanol–water partition coefficient (Wildman–Crippen LogP) is 2.83. The lowest BCUT2D eigenvalue weighted by molar-refractivity contribution is 0.0248. The highest BCUT2D eigenvalue weighted by atomic mass is 16.4. The van der Waals surface area contributed by atoms with Crippen LogP contribution in [0.1, 0.15) is 48.5 Å². The van der Waals surface area contributed by atoms with Crippen LogP contribution in [-0.2, 0) is 6.54 Å². The van der Waals surface area contributed by atoms with Crippen LogP contribution in [0, 0.1) is 5.41 Å². The number of fused-ring (bicyclic) bond motifs is 1. The van der Waals surface area contributed by atoms with Crippen LogP contribution in [0.25, 0.3) is 0 Å². The van der Waals surface area contributed by atoms with E-state index >= 15 is 0 Å². The van der Waals surface area contributed by atoms with E-state index in [1.54, 1.807) is 12.1 Å². The summed E-state index contributed by atoms with van der Waals surface area (Å²) in [6.45, 7) is 4.62. The molecule has 1 N–H and O–H groups in total. The molecule has 0 spiro atoms. The number of benzene rings is 1. The summed E-state index contributed by atoms with van der Waals surface area (Å²) in [5.74, 6) is -0.849. The van der Waals surface area contributed by atoms with Crippen molar-refractivity contribution >= 4 is 5.97 Å². The summed E-state index contributed by atoms with van der Waals surface area (Å²) in [6, 6.07) is 9.49. The van der Waals surface area contributed by atoms with Crippen LogP contribution in [0.3, 0.4) is 0 Å². The molecule has 4 nitrogen and oxygen atoms in total. The van der Waals surface area contributed by atoms with E-state index in [0.717, 1.165) is 12.6 Å². The van der Waals surface area contributed by atoms with Crippen molar-refractivity contribution in [2.45, 2.75) is 57.3 Å². The summed E-state index contributed by atoms with van der Waals surface area (Å²) >= 11 is 0. The van der Waals surface area contributed by atoms with E-state index in [1.807, 2.05) is 12.1 Å². The molecule has 1 aromatic rings. The number of rotatable bonds is 3. The maximum absolute atomic E-state index is 11.0. The highest BCUT2D eigenvalue weighted by Gasteiger charge is 2.58. The van der Waals surface area contributed by atoms with Gasteiger partial charge in [-0.3, -0.25) is 4.90 Å². The van der Waals surface area contributed by atoms with Crippen LogP contribution in [0.5, 0.6) is 0 Å². The fourth-order valence-corrected chi connectivity index (χ4v) is 5.64. The fraction of sp³-hybridized carbons (Fsp3) is 0.632. The van der Waals surface area contributed by atoms with Gasteiger partial charge in [-0.15, -0.1) is 0 Å². The molecule has 4 atom stereocenters. The molecule has 23 heavy (non-hydrogen) atoms. The van der Waals surface area contributed by atoms with Crippen molar-refractivity contribution in [3.05, 3.63) is 35.4 Å². The number of carboxylic acids is 1. The van der Waals surface area contributed by atoms with Crippen LogP contribution in [0.15, 0.2) is 24.3 Å². The third-order valence-corrected chi connectivity index (χ3v) is 6.62. The highest BCUT2D eigenvalue weighted by Crippen LogP contribution is 2.54. The number of nitrogens with zero attached hydrogens (tertiary/aromatic N) is 2. The molecule has 2 saturated heterocycles. The normalized spacial score (nSPS) is 37.0. The third kappa shape index (κ3) is 2.31. The maximum Gasteiger partial charge on any atom is 0.335 e. The van der Waals surface area contributed by atoms with Gasteiger partial charge in [0.2, 0.25) is 0 Å². The minimum Gasteiger partial charge on any atom is -0.478 e. The van der Waals surface area contributed by atoms with Crippen molar-refractivity contribution in [1.82, 2.24) is 9.80 Å². The average molecular weight is 314 g/mol.